The van der Waals surface area contributed by atoms with Crippen LogP contribution >= 0.6 is 12.4 Å². The molecule has 152 valence electrons. The average molecular weight is 410 g/mol. The Hall–Kier alpha value is -2.48. The lowest BCUT2D eigenvalue weighted by Crippen LogP contribution is -2.33. The van der Waals surface area contributed by atoms with Crippen LogP contribution in [-0.2, 0) is 4.74 Å². The quantitative estimate of drug-likeness (QED) is 0.556. The molecule has 28 heavy (non-hydrogen) atoms. The van der Waals surface area contributed by atoms with Gasteiger partial charge < -0.3 is 20.7 Å². The summed E-state index contributed by atoms with van der Waals surface area (Å²) in [6, 6.07) is 10.8. The van der Waals surface area contributed by atoms with Crippen molar-refractivity contribution in [2.75, 3.05) is 38.7 Å². The molecule has 0 bridgehead atoms. The van der Waals surface area contributed by atoms with Crippen molar-refractivity contribution in [1.29, 1.82) is 0 Å². The fourth-order valence-electron chi connectivity index (χ4n) is 2.40. The van der Waals surface area contributed by atoms with Crippen molar-refractivity contribution in [2.45, 2.75) is 6.92 Å². The first-order valence-electron chi connectivity index (χ1n) is 8.67. The van der Waals surface area contributed by atoms with E-state index in [1.165, 1.54) is 18.2 Å². The number of carbonyl (C=O) groups is 2. The highest BCUT2D eigenvalue weighted by atomic mass is 35.5. The molecule has 0 spiro atoms. The number of nitrogens with one attached hydrogen (secondary N) is 3. The van der Waals surface area contributed by atoms with E-state index in [0.29, 0.717) is 37.5 Å². The Morgan fingerprint density at radius 3 is 2.50 bits per heavy atom. The summed E-state index contributed by atoms with van der Waals surface area (Å²) < 4.78 is 18.7. The van der Waals surface area contributed by atoms with Gasteiger partial charge in [-0.25, -0.2) is 4.39 Å². The molecular formula is C20H25ClFN3O3. The highest BCUT2D eigenvalue weighted by Crippen LogP contribution is 2.19. The molecule has 2 aromatic rings. The molecule has 0 radical (unpaired) electrons. The Morgan fingerprint density at radius 1 is 1.04 bits per heavy atom. The Bertz CT molecular complexity index is 802. The molecular weight excluding hydrogens is 385 g/mol. The molecule has 3 N–H and O–H groups in total. The lowest BCUT2D eigenvalue weighted by Gasteiger charge is -2.12. The van der Waals surface area contributed by atoms with Gasteiger partial charge in [0.05, 0.1) is 12.2 Å². The number of amides is 2. The predicted octanol–water partition coefficient (Wildman–Crippen LogP) is 2.77. The molecule has 0 unspecified atom stereocenters. The van der Waals surface area contributed by atoms with Gasteiger partial charge in [0, 0.05) is 38.0 Å². The molecule has 2 amide bonds. The van der Waals surface area contributed by atoms with Crippen molar-refractivity contribution < 1.29 is 18.7 Å². The zero-order chi connectivity index (χ0) is 19.6. The van der Waals surface area contributed by atoms with Crippen molar-refractivity contribution in [3.63, 3.8) is 0 Å². The fourth-order valence-corrected chi connectivity index (χ4v) is 2.40. The largest absolute Gasteiger partial charge is 0.383 e. The van der Waals surface area contributed by atoms with Crippen LogP contribution in [-0.4, -0.2) is 45.2 Å². The number of hydrogen-bond acceptors (Lipinski definition) is 4. The second-order valence-electron chi connectivity index (χ2n) is 5.96. The molecule has 0 aromatic heterocycles. The highest BCUT2D eigenvalue weighted by molar-refractivity contribution is 6.05. The molecule has 0 heterocycles. The summed E-state index contributed by atoms with van der Waals surface area (Å²) >= 11 is 0. The summed E-state index contributed by atoms with van der Waals surface area (Å²) in [5, 5.41) is 8.60. The third-order valence-corrected chi connectivity index (χ3v) is 3.94. The maximum atomic E-state index is 13.8. The van der Waals surface area contributed by atoms with Gasteiger partial charge in [0.25, 0.3) is 11.8 Å². The monoisotopic (exact) mass is 409 g/mol. The van der Waals surface area contributed by atoms with Gasteiger partial charge in [0.2, 0.25) is 0 Å². The van der Waals surface area contributed by atoms with E-state index in [0.717, 1.165) is 5.56 Å². The first-order valence-corrected chi connectivity index (χ1v) is 8.67. The van der Waals surface area contributed by atoms with Gasteiger partial charge >= 0.3 is 0 Å². The van der Waals surface area contributed by atoms with Crippen molar-refractivity contribution in [2.24, 2.45) is 0 Å². The fraction of sp³-hybridized carbons (Fsp3) is 0.300. The molecule has 8 heteroatoms. The van der Waals surface area contributed by atoms with E-state index < -0.39 is 11.7 Å². The van der Waals surface area contributed by atoms with Crippen molar-refractivity contribution in [3.05, 3.63) is 65.0 Å². The molecule has 0 aliphatic rings. The van der Waals surface area contributed by atoms with E-state index in [1.54, 1.807) is 38.3 Å². The van der Waals surface area contributed by atoms with Gasteiger partial charge in [-0.1, -0.05) is 18.2 Å². The smallest absolute Gasteiger partial charge is 0.258 e. The van der Waals surface area contributed by atoms with Gasteiger partial charge in [-0.05, 0) is 36.8 Å². The van der Waals surface area contributed by atoms with Crippen molar-refractivity contribution in [1.82, 2.24) is 10.6 Å². The van der Waals surface area contributed by atoms with Crippen LogP contribution in [0.25, 0.3) is 0 Å². The Kier molecular flexibility index (Phi) is 10.2. The second kappa shape index (κ2) is 12.1. The van der Waals surface area contributed by atoms with Crippen LogP contribution in [0.5, 0.6) is 0 Å². The lowest BCUT2D eigenvalue weighted by atomic mass is 10.1. The van der Waals surface area contributed by atoms with E-state index >= 15 is 0 Å². The summed E-state index contributed by atoms with van der Waals surface area (Å²) in [5.74, 6) is -1.40. The van der Waals surface area contributed by atoms with Gasteiger partial charge in [-0.15, -0.1) is 12.4 Å². The summed E-state index contributed by atoms with van der Waals surface area (Å²) in [4.78, 5) is 24.6. The number of methoxy groups -OCH3 is 1. The van der Waals surface area contributed by atoms with Crippen LogP contribution in [0.4, 0.5) is 10.1 Å². The first-order chi connectivity index (χ1) is 13.0. The molecule has 2 rings (SSSR count). The standard InChI is InChI=1S/C20H24FN3O3.ClH/c1-14-7-8-15(19(25)23-10-9-22-11-12-27-2)13-18(14)24-20(26)16-5-3-4-6-17(16)21;/h3-8,13,22H,9-12H2,1-2H3,(H,23,25)(H,24,26);1H. The van der Waals surface area contributed by atoms with Gasteiger partial charge in [-0.2, -0.15) is 0 Å². The molecule has 0 aliphatic carbocycles. The first kappa shape index (κ1) is 23.6. The number of halogens is 2. The molecule has 0 saturated heterocycles. The zero-order valence-electron chi connectivity index (χ0n) is 15.9. The van der Waals surface area contributed by atoms with E-state index in [-0.39, 0.29) is 23.9 Å². The number of ether oxygens (including phenoxy) is 1. The number of rotatable bonds is 9. The molecule has 2 aromatic carbocycles. The molecule has 0 aliphatic heterocycles. The second-order valence-corrected chi connectivity index (χ2v) is 5.96. The minimum absolute atomic E-state index is 0. The number of carbonyl (C=O) groups excluding carboxylic acids is 2. The highest BCUT2D eigenvalue weighted by Gasteiger charge is 2.14. The average Bonchev–Trinajstić information content (AvgIpc) is 2.66. The van der Waals surface area contributed by atoms with Crippen LogP contribution in [0.3, 0.4) is 0 Å². The number of hydrogen-bond donors (Lipinski definition) is 3. The van der Waals surface area contributed by atoms with Crippen LogP contribution in [0.15, 0.2) is 42.5 Å². The molecule has 0 saturated carbocycles. The topological polar surface area (TPSA) is 79.5 Å². The zero-order valence-corrected chi connectivity index (χ0v) is 16.7. The molecule has 0 fully saturated rings. The summed E-state index contributed by atoms with van der Waals surface area (Å²) in [7, 11) is 1.63. The molecule has 0 atom stereocenters. The van der Waals surface area contributed by atoms with Crippen molar-refractivity contribution >= 4 is 29.9 Å². The number of aryl methyl sites for hydroxylation is 1. The van der Waals surface area contributed by atoms with Gasteiger partial charge in [-0.3, -0.25) is 9.59 Å². The third-order valence-electron chi connectivity index (χ3n) is 3.94. The predicted molar refractivity (Wildman–Crippen MR) is 110 cm³/mol. The van der Waals surface area contributed by atoms with E-state index in [1.807, 2.05) is 0 Å². The summed E-state index contributed by atoms with van der Waals surface area (Å²) in [5.41, 5.74) is 1.61. The minimum Gasteiger partial charge on any atom is -0.383 e. The normalized spacial score (nSPS) is 10.1. The molecule has 6 nitrogen and oxygen atoms in total. The van der Waals surface area contributed by atoms with E-state index in [9.17, 15) is 14.0 Å². The maximum absolute atomic E-state index is 13.8. The maximum Gasteiger partial charge on any atom is 0.258 e. The van der Waals surface area contributed by atoms with Crippen LogP contribution < -0.4 is 16.0 Å². The Labute approximate surface area is 170 Å². The third kappa shape index (κ3) is 6.92. The lowest BCUT2D eigenvalue weighted by molar-refractivity contribution is 0.0952. The van der Waals surface area contributed by atoms with Crippen LogP contribution in [0.1, 0.15) is 26.3 Å². The SMILES string of the molecule is COCCNCCNC(=O)c1ccc(C)c(NC(=O)c2ccccc2F)c1.Cl. The number of anilines is 1. The number of benzene rings is 2. The van der Waals surface area contributed by atoms with Gasteiger partial charge in [0.1, 0.15) is 5.82 Å². The Balaban J connectivity index is 0.00000392. The summed E-state index contributed by atoms with van der Waals surface area (Å²) in [6.45, 7) is 4.21. The Morgan fingerprint density at radius 2 is 1.79 bits per heavy atom. The van der Waals surface area contributed by atoms with Crippen molar-refractivity contribution in [3.8, 4) is 0 Å². The van der Waals surface area contributed by atoms with E-state index in [2.05, 4.69) is 16.0 Å². The summed E-state index contributed by atoms with van der Waals surface area (Å²) in [6.07, 6.45) is 0. The van der Waals surface area contributed by atoms with Crippen LogP contribution in [0, 0.1) is 12.7 Å². The van der Waals surface area contributed by atoms with E-state index in [4.69, 9.17) is 4.74 Å². The van der Waals surface area contributed by atoms with Crippen LogP contribution in [0.2, 0.25) is 0 Å². The van der Waals surface area contributed by atoms with Gasteiger partial charge in [0.15, 0.2) is 0 Å². The minimum atomic E-state index is -0.595.